The quantitative estimate of drug-likeness (QED) is 0.235. The number of nitrogens with zero attached hydrogens (tertiary/aromatic N) is 2. The number of morpholine rings is 1. The molecule has 0 spiro atoms. The third kappa shape index (κ3) is 5.61. The lowest BCUT2D eigenvalue weighted by Crippen LogP contribution is -2.38. The Hall–Kier alpha value is -3.62. The molecule has 2 fully saturated rings. The number of carbonyl (C=O) groups is 2. The van der Waals surface area contributed by atoms with Crippen LogP contribution in [-0.4, -0.2) is 79.7 Å². The summed E-state index contributed by atoms with van der Waals surface area (Å²) >= 11 is 0. The number of amides is 1. The van der Waals surface area contributed by atoms with Gasteiger partial charge in [0.1, 0.15) is 23.9 Å². The van der Waals surface area contributed by atoms with Gasteiger partial charge >= 0.3 is 0 Å². The minimum atomic E-state index is -0.721. The Bertz CT molecular complexity index is 1120. The summed E-state index contributed by atoms with van der Waals surface area (Å²) in [7, 11) is 1.56. The van der Waals surface area contributed by atoms with E-state index in [4.69, 9.17) is 14.2 Å². The van der Waals surface area contributed by atoms with Gasteiger partial charge in [0.25, 0.3) is 11.7 Å². The average Bonchev–Trinajstić information content (AvgIpc) is 3.17. The second kappa shape index (κ2) is 11.9. The highest BCUT2D eigenvalue weighted by atomic mass is 16.5. The second-order valence-electron chi connectivity index (χ2n) is 8.70. The van der Waals surface area contributed by atoms with E-state index in [2.05, 4.69) is 11.5 Å². The smallest absolute Gasteiger partial charge is 0.295 e. The SMILES string of the molecule is C=CCOc1ccc(C(O)=C2C(=O)C(=O)N(CCCN3CCOCC3)[C@H]2c2cccc(OC)c2)cc1. The Morgan fingerprint density at radius 2 is 1.86 bits per heavy atom. The van der Waals surface area contributed by atoms with E-state index in [0.717, 1.165) is 19.6 Å². The van der Waals surface area contributed by atoms with Gasteiger partial charge in [-0.3, -0.25) is 14.5 Å². The van der Waals surface area contributed by atoms with Gasteiger partial charge in [0.15, 0.2) is 0 Å². The standard InChI is InChI=1S/C28H32N2O6/c1-3-16-36-22-10-8-20(9-11-22)26(31)24-25(21-6-4-7-23(19-21)34-2)30(28(33)27(24)32)13-5-12-29-14-17-35-18-15-29/h3-4,6-11,19,25,31H,1,5,12-18H2,2H3/t25-/m0/s1. The molecule has 8 nitrogen and oxygen atoms in total. The van der Waals surface area contributed by atoms with E-state index < -0.39 is 17.7 Å². The summed E-state index contributed by atoms with van der Waals surface area (Å²) in [6.45, 7) is 8.27. The van der Waals surface area contributed by atoms with Gasteiger partial charge in [-0.15, -0.1) is 0 Å². The van der Waals surface area contributed by atoms with Crippen molar-refractivity contribution >= 4 is 17.4 Å². The molecule has 1 atom stereocenters. The monoisotopic (exact) mass is 492 g/mol. The van der Waals surface area contributed by atoms with Gasteiger partial charge in [-0.05, 0) is 48.4 Å². The minimum Gasteiger partial charge on any atom is -0.507 e. The molecule has 2 saturated heterocycles. The Kier molecular flexibility index (Phi) is 8.40. The zero-order chi connectivity index (χ0) is 25.5. The van der Waals surface area contributed by atoms with Crippen molar-refractivity contribution in [2.24, 2.45) is 0 Å². The average molecular weight is 493 g/mol. The van der Waals surface area contributed by atoms with Gasteiger partial charge in [0, 0.05) is 31.7 Å². The number of carbonyl (C=O) groups excluding carboxylic acids is 2. The molecule has 36 heavy (non-hydrogen) atoms. The van der Waals surface area contributed by atoms with Crippen molar-refractivity contribution < 1.29 is 28.9 Å². The van der Waals surface area contributed by atoms with E-state index in [9.17, 15) is 14.7 Å². The summed E-state index contributed by atoms with van der Waals surface area (Å²) in [6, 6.07) is 13.3. The number of benzene rings is 2. The molecule has 2 aliphatic rings. The molecule has 0 unspecified atom stereocenters. The molecule has 0 aliphatic carbocycles. The van der Waals surface area contributed by atoms with Crippen molar-refractivity contribution in [1.82, 2.24) is 9.80 Å². The van der Waals surface area contributed by atoms with E-state index in [1.165, 1.54) is 0 Å². The first-order valence-electron chi connectivity index (χ1n) is 12.1. The van der Waals surface area contributed by atoms with Gasteiger partial charge in [-0.2, -0.15) is 0 Å². The van der Waals surface area contributed by atoms with Crippen LogP contribution in [0.1, 0.15) is 23.6 Å². The van der Waals surface area contributed by atoms with Crippen LogP contribution in [0.25, 0.3) is 5.76 Å². The Labute approximate surface area is 211 Å². The summed E-state index contributed by atoms with van der Waals surface area (Å²) in [5, 5.41) is 11.3. The summed E-state index contributed by atoms with van der Waals surface area (Å²) < 4.78 is 16.3. The van der Waals surface area contributed by atoms with Crippen LogP contribution in [0.5, 0.6) is 11.5 Å². The first-order valence-corrected chi connectivity index (χ1v) is 12.1. The molecule has 0 saturated carbocycles. The molecule has 2 heterocycles. The van der Waals surface area contributed by atoms with Crippen molar-refractivity contribution in [3.8, 4) is 11.5 Å². The predicted molar refractivity (Wildman–Crippen MR) is 136 cm³/mol. The fourth-order valence-electron chi connectivity index (χ4n) is 4.58. The second-order valence-corrected chi connectivity index (χ2v) is 8.70. The lowest BCUT2D eigenvalue weighted by atomic mass is 9.95. The molecule has 2 aromatic rings. The molecule has 2 aliphatic heterocycles. The first-order chi connectivity index (χ1) is 17.5. The molecular weight excluding hydrogens is 460 g/mol. The van der Waals surface area contributed by atoms with Crippen molar-refractivity contribution in [2.75, 3.05) is 53.1 Å². The van der Waals surface area contributed by atoms with Crippen molar-refractivity contribution in [2.45, 2.75) is 12.5 Å². The maximum absolute atomic E-state index is 13.2. The maximum Gasteiger partial charge on any atom is 0.295 e. The van der Waals surface area contributed by atoms with Crippen LogP contribution in [0.3, 0.4) is 0 Å². The molecule has 1 amide bonds. The lowest BCUT2D eigenvalue weighted by molar-refractivity contribution is -0.140. The third-order valence-electron chi connectivity index (χ3n) is 6.42. The predicted octanol–water partition coefficient (Wildman–Crippen LogP) is 3.40. The first kappa shape index (κ1) is 25.5. The zero-order valence-electron chi connectivity index (χ0n) is 20.5. The molecule has 0 aromatic heterocycles. The summed E-state index contributed by atoms with van der Waals surface area (Å²) in [5.41, 5.74) is 1.20. The van der Waals surface area contributed by atoms with E-state index in [0.29, 0.717) is 55.4 Å². The van der Waals surface area contributed by atoms with Crippen LogP contribution in [0, 0.1) is 0 Å². The van der Waals surface area contributed by atoms with Gasteiger partial charge in [-0.1, -0.05) is 24.8 Å². The maximum atomic E-state index is 13.2. The van der Waals surface area contributed by atoms with Crippen LogP contribution in [0.4, 0.5) is 0 Å². The van der Waals surface area contributed by atoms with Crippen molar-refractivity contribution in [3.05, 3.63) is 77.9 Å². The minimum absolute atomic E-state index is 0.0689. The van der Waals surface area contributed by atoms with Crippen molar-refractivity contribution in [3.63, 3.8) is 0 Å². The Morgan fingerprint density at radius 3 is 2.56 bits per heavy atom. The van der Waals surface area contributed by atoms with Crippen LogP contribution in [0.15, 0.2) is 66.8 Å². The number of likely N-dealkylation sites (tertiary alicyclic amines) is 1. The van der Waals surface area contributed by atoms with Gasteiger partial charge < -0.3 is 24.2 Å². The molecule has 8 heteroatoms. The van der Waals surface area contributed by atoms with Crippen molar-refractivity contribution in [1.29, 1.82) is 0 Å². The highest BCUT2D eigenvalue weighted by Gasteiger charge is 2.46. The zero-order valence-corrected chi connectivity index (χ0v) is 20.5. The van der Waals surface area contributed by atoms with E-state index in [1.807, 2.05) is 12.1 Å². The topological polar surface area (TPSA) is 88.5 Å². The molecule has 190 valence electrons. The number of hydrogen-bond donors (Lipinski definition) is 1. The van der Waals surface area contributed by atoms with E-state index >= 15 is 0 Å². The van der Waals surface area contributed by atoms with Gasteiger partial charge in [-0.25, -0.2) is 0 Å². The van der Waals surface area contributed by atoms with Gasteiger partial charge in [0.05, 0.1) is 31.9 Å². The number of rotatable bonds is 10. The summed E-state index contributed by atoms with van der Waals surface area (Å²) in [6.07, 6.45) is 2.34. The molecular formula is C28H32N2O6. The summed E-state index contributed by atoms with van der Waals surface area (Å²) in [5.74, 6) is -0.308. The highest BCUT2D eigenvalue weighted by Crippen LogP contribution is 2.40. The number of aliphatic hydroxyl groups excluding tert-OH is 1. The highest BCUT2D eigenvalue weighted by molar-refractivity contribution is 6.46. The molecule has 1 N–H and O–H groups in total. The fourth-order valence-corrected chi connectivity index (χ4v) is 4.58. The number of ketones is 1. The molecule has 4 rings (SSSR count). The van der Waals surface area contributed by atoms with E-state index in [1.54, 1.807) is 54.5 Å². The van der Waals surface area contributed by atoms with E-state index in [-0.39, 0.29) is 11.3 Å². The normalized spacial score (nSPS) is 19.9. The fraction of sp³-hybridized carbons (Fsp3) is 0.357. The Balaban J connectivity index is 1.66. The van der Waals surface area contributed by atoms with Crippen LogP contribution < -0.4 is 9.47 Å². The third-order valence-corrected chi connectivity index (χ3v) is 6.42. The molecule has 0 bridgehead atoms. The lowest BCUT2D eigenvalue weighted by Gasteiger charge is -2.29. The van der Waals surface area contributed by atoms with Crippen LogP contribution in [-0.2, 0) is 14.3 Å². The number of Topliss-reactive ketones (excluding diaryl/α,β-unsaturated/α-hetero) is 1. The number of aliphatic hydroxyl groups is 1. The number of methoxy groups -OCH3 is 1. The number of ether oxygens (including phenoxy) is 3. The van der Waals surface area contributed by atoms with Crippen LogP contribution >= 0.6 is 0 Å². The van der Waals surface area contributed by atoms with Crippen LogP contribution in [0.2, 0.25) is 0 Å². The summed E-state index contributed by atoms with van der Waals surface area (Å²) in [4.78, 5) is 30.3. The van der Waals surface area contributed by atoms with Gasteiger partial charge in [0.2, 0.25) is 0 Å². The Morgan fingerprint density at radius 1 is 1.11 bits per heavy atom. The number of hydrogen-bond acceptors (Lipinski definition) is 7. The largest absolute Gasteiger partial charge is 0.507 e. The molecule has 2 aromatic carbocycles. The molecule has 0 radical (unpaired) electrons.